The third-order valence-electron chi connectivity index (χ3n) is 3.68. The van der Waals surface area contributed by atoms with Gasteiger partial charge in [0.2, 0.25) is 0 Å². The summed E-state index contributed by atoms with van der Waals surface area (Å²) in [5.74, 6) is 0. The predicted molar refractivity (Wildman–Crippen MR) is 96.1 cm³/mol. The Hall–Kier alpha value is -2.52. The second-order valence-corrected chi connectivity index (χ2v) is 5.66. The van der Waals surface area contributed by atoms with Crippen LogP contribution < -0.4 is 10.6 Å². The summed E-state index contributed by atoms with van der Waals surface area (Å²) in [4.78, 5) is 12.1. The summed E-state index contributed by atoms with van der Waals surface area (Å²) < 4.78 is 0. The molecule has 0 bridgehead atoms. The fraction of sp³-hybridized carbons (Fsp3) is 0.105. The Bertz CT molecular complexity index is 827. The van der Waals surface area contributed by atoms with Gasteiger partial charge in [-0.05, 0) is 29.5 Å². The van der Waals surface area contributed by atoms with E-state index in [9.17, 15) is 4.79 Å². The van der Waals surface area contributed by atoms with Crippen molar-refractivity contribution in [3.8, 4) is 0 Å². The number of anilines is 1. The molecule has 3 nitrogen and oxygen atoms in total. The zero-order chi connectivity index (χ0) is 16.1. The van der Waals surface area contributed by atoms with E-state index in [0.717, 1.165) is 27.0 Å². The number of halogens is 1. The maximum atomic E-state index is 12.1. The van der Waals surface area contributed by atoms with Crippen LogP contribution in [0.4, 0.5) is 10.5 Å². The van der Waals surface area contributed by atoms with Gasteiger partial charge in [0, 0.05) is 17.0 Å². The molecule has 0 aromatic heterocycles. The van der Waals surface area contributed by atoms with Gasteiger partial charge in [0.1, 0.15) is 0 Å². The minimum Gasteiger partial charge on any atom is -0.338 e. The fourth-order valence-electron chi connectivity index (χ4n) is 2.51. The number of carbonyl (C=O) groups is 1. The molecule has 2 amide bonds. The van der Waals surface area contributed by atoms with Crippen molar-refractivity contribution in [2.75, 3.05) is 11.9 Å². The number of urea groups is 1. The molecule has 0 heterocycles. The molecule has 0 saturated heterocycles. The van der Waals surface area contributed by atoms with E-state index in [1.54, 1.807) is 0 Å². The molecule has 4 heteroatoms. The summed E-state index contributed by atoms with van der Waals surface area (Å²) in [7, 11) is 0. The van der Waals surface area contributed by atoms with Crippen LogP contribution in [0.25, 0.3) is 10.8 Å². The smallest absolute Gasteiger partial charge is 0.319 e. The van der Waals surface area contributed by atoms with E-state index in [0.29, 0.717) is 13.0 Å². The Morgan fingerprint density at radius 3 is 2.52 bits per heavy atom. The quantitative estimate of drug-likeness (QED) is 0.707. The minimum absolute atomic E-state index is 0.214. The molecule has 0 radical (unpaired) electrons. The van der Waals surface area contributed by atoms with E-state index >= 15 is 0 Å². The van der Waals surface area contributed by atoms with Crippen LogP contribution >= 0.6 is 11.6 Å². The van der Waals surface area contributed by atoms with Crippen LogP contribution in [0.3, 0.4) is 0 Å². The predicted octanol–water partition coefficient (Wildman–Crippen LogP) is 4.86. The van der Waals surface area contributed by atoms with E-state index in [1.165, 1.54) is 0 Å². The number of nitrogens with one attached hydrogen (secondary N) is 2. The van der Waals surface area contributed by atoms with Crippen molar-refractivity contribution in [2.45, 2.75) is 6.42 Å². The molecule has 0 aliphatic carbocycles. The lowest BCUT2D eigenvalue weighted by Crippen LogP contribution is -2.30. The molecular formula is C19H17ClN2O. The molecular weight excluding hydrogens is 308 g/mol. The number of hydrogen-bond acceptors (Lipinski definition) is 1. The molecule has 116 valence electrons. The van der Waals surface area contributed by atoms with Gasteiger partial charge in [-0.3, -0.25) is 0 Å². The lowest BCUT2D eigenvalue weighted by Gasteiger charge is -2.10. The largest absolute Gasteiger partial charge is 0.338 e. The van der Waals surface area contributed by atoms with Crippen LogP contribution in [-0.2, 0) is 6.42 Å². The molecule has 3 aromatic carbocycles. The second-order valence-electron chi connectivity index (χ2n) is 5.25. The first kappa shape index (κ1) is 15.4. The summed E-state index contributed by atoms with van der Waals surface area (Å²) in [6.45, 7) is 0.528. The van der Waals surface area contributed by atoms with E-state index in [-0.39, 0.29) is 6.03 Å². The number of amides is 2. The molecule has 0 spiro atoms. The average molecular weight is 325 g/mol. The van der Waals surface area contributed by atoms with Gasteiger partial charge in [-0.2, -0.15) is 0 Å². The lowest BCUT2D eigenvalue weighted by molar-refractivity contribution is 0.252. The van der Waals surface area contributed by atoms with Crippen LogP contribution in [0.15, 0.2) is 66.7 Å². The number of benzene rings is 3. The number of carbonyl (C=O) groups excluding carboxylic acids is 1. The number of rotatable bonds is 4. The van der Waals surface area contributed by atoms with Gasteiger partial charge in [-0.25, -0.2) is 4.79 Å². The number of fused-ring (bicyclic) bond motifs is 1. The highest BCUT2D eigenvalue weighted by atomic mass is 35.5. The van der Waals surface area contributed by atoms with Crippen LogP contribution in [0.1, 0.15) is 5.56 Å². The molecule has 0 atom stereocenters. The lowest BCUT2D eigenvalue weighted by atomic mass is 10.1. The first-order chi connectivity index (χ1) is 11.2. The normalized spacial score (nSPS) is 10.5. The maximum Gasteiger partial charge on any atom is 0.319 e. The summed E-state index contributed by atoms with van der Waals surface area (Å²) in [5.41, 5.74) is 1.83. The molecule has 23 heavy (non-hydrogen) atoms. The van der Waals surface area contributed by atoms with Crippen LogP contribution in [-0.4, -0.2) is 12.6 Å². The van der Waals surface area contributed by atoms with Gasteiger partial charge in [0.05, 0.1) is 5.69 Å². The SMILES string of the molecule is O=C(NCCc1ccccc1Cl)Nc1cccc2ccccc12. The van der Waals surface area contributed by atoms with E-state index in [4.69, 9.17) is 11.6 Å². The maximum absolute atomic E-state index is 12.1. The van der Waals surface area contributed by atoms with Gasteiger partial charge < -0.3 is 10.6 Å². The highest BCUT2D eigenvalue weighted by Crippen LogP contribution is 2.22. The summed E-state index contributed by atoms with van der Waals surface area (Å²) in [5, 5.41) is 8.61. The standard InChI is InChI=1S/C19H17ClN2O/c20-17-10-4-2-7-15(17)12-13-21-19(23)22-18-11-5-8-14-6-1-3-9-16(14)18/h1-11H,12-13H2,(H2,21,22,23). The van der Waals surface area contributed by atoms with Crippen molar-refractivity contribution in [1.29, 1.82) is 0 Å². The third-order valence-corrected chi connectivity index (χ3v) is 4.04. The van der Waals surface area contributed by atoms with Crippen LogP contribution in [0.5, 0.6) is 0 Å². The monoisotopic (exact) mass is 324 g/mol. The third kappa shape index (κ3) is 3.82. The Labute approximate surface area is 140 Å². The molecule has 3 aromatic rings. The van der Waals surface area contributed by atoms with Gasteiger partial charge in [-0.15, -0.1) is 0 Å². The second kappa shape index (κ2) is 7.16. The van der Waals surface area contributed by atoms with Crippen molar-refractivity contribution in [3.05, 3.63) is 77.3 Å². The van der Waals surface area contributed by atoms with Gasteiger partial charge in [0.15, 0.2) is 0 Å². The Kier molecular flexibility index (Phi) is 4.79. The molecule has 0 fully saturated rings. The van der Waals surface area contributed by atoms with Crippen molar-refractivity contribution < 1.29 is 4.79 Å². The van der Waals surface area contributed by atoms with Crippen molar-refractivity contribution in [3.63, 3.8) is 0 Å². The highest BCUT2D eigenvalue weighted by molar-refractivity contribution is 6.31. The zero-order valence-electron chi connectivity index (χ0n) is 12.6. The molecule has 0 saturated carbocycles. The Balaban J connectivity index is 1.60. The van der Waals surface area contributed by atoms with Gasteiger partial charge >= 0.3 is 6.03 Å². The van der Waals surface area contributed by atoms with E-state index < -0.39 is 0 Å². The molecule has 2 N–H and O–H groups in total. The first-order valence-corrected chi connectivity index (χ1v) is 7.88. The molecule has 0 aliphatic heterocycles. The minimum atomic E-state index is -0.214. The molecule has 0 unspecified atom stereocenters. The summed E-state index contributed by atoms with van der Waals surface area (Å²) in [6, 6.07) is 21.3. The van der Waals surface area contributed by atoms with Crippen LogP contribution in [0.2, 0.25) is 5.02 Å². The topological polar surface area (TPSA) is 41.1 Å². The fourth-order valence-corrected chi connectivity index (χ4v) is 2.74. The van der Waals surface area contributed by atoms with Crippen molar-refractivity contribution in [2.24, 2.45) is 0 Å². The van der Waals surface area contributed by atoms with Crippen molar-refractivity contribution >= 4 is 34.1 Å². The zero-order valence-corrected chi connectivity index (χ0v) is 13.3. The average Bonchev–Trinajstić information content (AvgIpc) is 2.57. The van der Waals surface area contributed by atoms with Crippen molar-refractivity contribution in [1.82, 2.24) is 5.32 Å². The molecule has 3 rings (SSSR count). The Morgan fingerprint density at radius 1 is 0.913 bits per heavy atom. The highest BCUT2D eigenvalue weighted by Gasteiger charge is 2.05. The summed E-state index contributed by atoms with van der Waals surface area (Å²) >= 11 is 6.11. The summed E-state index contributed by atoms with van der Waals surface area (Å²) in [6.07, 6.45) is 0.697. The molecule has 0 aliphatic rings. The van der Waals surface area contributed by atoms with E-state index in [1.807, 2.05) is 66.7 Å². The first-order valence-electron chi connectivity index (χ1n) is 7.50. The number of hydrogen-bond donors (Lipinski definition) is 2. The van der Waals surface area contributed by atoms with Gasteiger partial charge in [-0.1, -0.05) is 66.2 Å². The van der Waals surface area contributed by atoms with Gasteiger partial charge in [0.25, 0.3) is 0 Å². The Morgan fingerprint density at radius 2 is 1.65 bits per heavy atom. The van der Waals surface area contributed by atoms with E-state index in [2.05, 4.69) is 10.6 Å². The van der Waals surface area contributed by atoms with Crippen LogP contribution in [0, 0.1) is 0 Å².